The summed E-state index contributed by atoms with van der Waals surface area (Å²) in [4.78, 5) is 17.3. The average Bonchev–Trinajstić information content (AvgIpc) is 3.31. The first kappa shape index (κ1) is 27.4. The quantitative estimate of drug-likeness (QED) is 0.378. The van der Waals surface area contributed by atoms with Gasteiger partial charge in [0.15, 0.2) is 0 Å². The van der Waals surface area contributed by atoms with E-state index in [0.717, 1.165) is 28.9 Å². The summed E-state index contributed by atoms with van der Waals surface area (Å²) in [5.74, 6) is 0.626. The minimum Gasteiger partial charge on any atom is -0.497 e. The van der Waals surface area contributed by atoms with Crippen molar-refractivity contribution in [1.29, 1.82) is 0 Å². The molecule has 0 spiro atoms. The number of benzene rings is 2. The Labute approximate surface area is 224 Å². The maximum atomic E-state index is 14.0. The monoisotopic (exact) mass is 540 g/mol. The van der Waals surface area contributed by atoms with Crippen LogP contribution in [-0.4, -0.2) is 50.3 Å². The van der Waals surface area contributed by atoms with E-state index in [-0.39, 0.29) is 31.0 Å². The minimum atomic E-state index is -3.88. The predicted molar refractivity (Wildman–Crippen MR) is 149 cm³/mol. The summed E-state index contributed by atoms with van der Waals surface area (Å²) in [5, 5.41) is 2.06. The Morgan fingerprint density at radius 3 is 2.35 bits per heavy atom. The Kier molecular flexibility index (Phi) is 8.11. The van der Waals surface area contributed by atoms with Crippen LogP contribution >= 0.6 is 11.3 Å². The fourth-order valence-corrected chi connectivity index (χ4v) is 8.20. The molecule has 1 aliphatic heterocycles. The van der Waals surface area contributed by atoms with Gasteiger partial charge in [0, 0.05) is 18.0 Å². The molecule has 0 bridgehead atoms. The summed E-state index contributed by atoms with van der Waals surface area (Å²) < 4.78 is 34.6. The van der Waals surface area contributed by atoms with E-state index < -0.39 is 10.0 Å². The highest BCUT2D eigenvalue weighted by Crippen LogP contribution is 2.38. The van der Waals surface area contributed by atoms with E-state index in [9.17, 15) is 13.2 Å². The van der Waals surface area contributed by atoms with Gasteiger partial charge in [-0.3, -0.25) is 4.79 Å². The number of carbonyl (C=O) groups is 1. The van der Waals surface area contributed by atoms with Gasteiger partial charge in [-0.05, 0) is 78.9 Å². The van der Waals surface area contributed by atoms with E-state index in [1.54, 1.807) is 18.4 Å². The number of aryl methyl sites for hydroxylation is 3. The highest BCUT2D eigenvalue weighted by molar-refractivity contribution is 7.89. The van der Waals surface area contributed by atoms with Gasteiger partial charge in [0.05, 0.1) is 24.6 Å². The van der Waals surface area contributed by atoms with Gasteiger partial charge in [0.25, 0.3) is 0 Å². The Balaban J connectivity index is 1.70. The predicted octanol–water partition coefficient (Wildman–Crippen LogP) is 5.50. The molecule has 0 radical (unpaired) electrons. The van der Waals surface area contributed by atoms with Crippen LogP contribution in [0.2, 0.25) is 0 Å². The van der Waals surface area contributed by atoms with Crippen LogP contribution in [0.5, 0.6) is 5.75 Å². The van der Waals surface area contributed by atoms with Crippen LogP contribution in [0.1, 0.15) is 52.6 Å². The van der Waals surface area contributed by atoms with Crippen molar-refractivity contribution < 1.29 is 17.9 Å². The summed E-state index contributed by atoms with van der Waals surface area (Å²) >= 11 is 1.70. The number of fused-ring (bicyclic) bond motifs is 1. The summed E-state index contributed by atoms with van der Waals surface area (Å²) in [6, 6.07) is 13.4. The molecular formula is C29H36N2O4S2. The van der Waals surface area contributed by atoms with Crippen molar-refractivity contribution in [3.8, 4) is 5.75 Å². The highest BCUT2D eigenvalue weighted by atomic mass is 32.2. The maximum absolute atomic E-state index is 14.0. The second kappa shape index (κ2) is 11.0. The number of ether oxygens (including phenoxy) is 1. The van der Waals surface area contributed by atoms with Crippen molar-refractivity contribution in [3.05, 3.63) is 80.5 Å². The van der Waals surface area contributed by atoms with Gasteiger partial charge in [-0.2, -0.15) is 4.31 Å². The van der Waals surface area contributed by atoms with E-state index in [1.807, 2.05) is 75.9 Å². The molecule has 1 atom stereocenters. The van der Waals surface area contributed by atoms with Gasteiger partial charge in [0.1, 0.15) is 5.75 Å². The molecule has 2 heterocycles. The van der Waals surface area contributed by atoms with Crippen LogP contribution in [0.3, 0.4) is 0 Å². The molecule has 37 heavy (non-hydrogen) atoms. The molecule has 2 aromatic carbocycles. The number of rotatable bonds is 8. The number of carbonyl (C=O) groups excluding carboxylic acids is 1. The molecule has 8 heteroatoms. The Morgan fingerprint density at radius 2 is 1.76 bits per heavy atom. The topological polar surface area (TPSA) is 66.9 Å². The number of methoxy groups -OCH3 is 1. The third kappa shape index (κ3) is 5.61. The van der Waals surface area contributed by atoms with E-state index in [4.69, 9.17) is 4.74 Å². The molecule has 3 aromatic rings. The standard InChI is InChI=1S/C29H36N2O4S2/c1-19(2)17-30(37(33,34)29-21(4)15-20(3)16-22(29)5)18-27(32)31-13-11-26-25(12-14-36-26)28(31)23-7-9-24(35-6)10-8-23/h7-10,12,14-16,19,28H,11,13,17-18H2,1-6H3. The zero-order valence-electron chi connectivity index (χ0n) is 22.4. The van der Waals surface area contributed by atoms with Crippen LogP contribution in [0.25, 0.3) is 0 Å². The number of hydrogen-bond acceptors (Lipinski definition) is 5. The number of amides is 1. The smallest absolute Gasteiger partial charge is 0.244 e. The molecule has 1 amide bonds. The lowest BCUT2D eigenvalue weighted by molar-refractivity contribution is -0.133. The van der Waals surface area contributed by atoms with Gasteiger partial charge < -0.3 is 9.64 Å². The van der Waals surface area contributed by atoms with Crippen molar-refractivity contribution in [2.45, 2.75) is 52.0 Å². The van der Waals surface area contributed by atoms with Gasteiger partial charge in [0.2, 0.25) is 15.9 Å². The lowest BCUT2D eigenvalue weighted by Gasteiger charge is -2.37. The molecule has 0 saturated heterocycles. The summed E-state index contributed by atoms with van der Waals surface area (Å²) in [7, 11) is -2.25. The van der Waals surface area contributed by atoms with Crippen molar-refractivity contribution in [3.63, 3.8) is 0 Å². The SMILES string of the molecule is COc1ccc(C2c3ccsc3CCN2C(=O)CN(CC(C)C)S(=O)(=O)c2c(C)cc(C)cc2C)cc1. The second-order valence-electron chi connectivity index (χ2n) is 10.2. The molecule has 0 N–H and O–H groups in total. The van der Waals surface area contributed by atoms with Gasteiger partial charge in [-0.15, -0.1) is 11.3 Å². The largest absolute Gasteiger partial charge is 0.497 e. The molecule has 198 valence electrons. The molecule has 1 unspecified atom stereocenters. The van der Waals surface area contributed by atoms with Crippen LogP contribution < -0.4 is 4.74 Å². The number of thiophene rings is 1. The number of nitrogens with zero attached hydrogens (tertiary/aromatic N) is 2. The van der Waals surface area contributed by atoms with Crippen LogP contribution in [-0.2, 0) is 21.2 Å². The average molecular weight is 541 g/mol. The first-order valence-corrected chi connectivity index (χ1v) is 14.9. The summed E-state index contributed by atoms with van der Waals surface area (Å²) in [5.41, 5.74) is 4.52. The van der Waals surface area contributed by atoms with Crippen LogP contribution in [0.4, 0.5) is 0 Å². The first-order chi connectivity index (χ1) is 17.5. The fraction of sp³-hybridized carbons (Fsp3) is 0.414. The van der Waals surface area contributed by atoms with E-state index in [0.29, 0.717) is 22.6 Å². The lowest BCUT2D eigenvalue weighted by atomic mass is 9.93. The molecule has 6 nitrogen and oxygen atoms in total. The van der Waals surface area contributed by atoms with Crippen LogP contribution in [0.15, 0.2) is 52.7 Å². The Hall–Kier alpha value is -2.68. The zero-order valence-corrected chi connectivity index (χ0v) is 24.1. The van der Waals surface area contributed by atoms with Gasteiger partial charge >= 0.3 is 0 Å². The van der Waals surface area contributed by atoms with E-state index in [2.05, 4.69) is 11.4 Å². The number of hydrogen-bond donors (Lipinski definition) is 0. The fourth-order valence-electron chi connectivity index (χ4n) is 5.33. The normalized spacial score (nSPS) is 15.8. The Morgan fingerprint density at radius 1 is 1.11 bits per heavy atom. The molecule has 4 rings (SSSR count). The Bertz CT molecular complexity index is 1350. The first-order valence-electron chi connectivity index (χ1n) is 12.6. The van der Waals surface area contributed by atoms with Crippen molar-refractivity contribution in [2.24, 2.45) is 5.92 Å². The van der Waals surface area contributed by atoms with Gasteiger partial charge in [-0.25, -0.2) is 8.42 Å². The van der Waals surface area contributed by atoms with E-state index >= 15 is 0 Å². The third-order valence-corrected chi connectivity index (χ3v) is 9.92. The highest BCUT2D eigenvalue weighted by Gasteiger charge is 2.36. The molecule has 1 aromatic heterocycles. The maximum Gasteiger partial charge on any atom is 0.244 e. The molecule has 0 saturated carbocycles. The molecule has 1 aliphatic rings. The van der Waals surface area contributed by atoms with Gasteiger partial charge in [-0.1, -0.05) is 43.7 Å². The molecular weight excluding hydrogens is 504 g/mol. The summed E-state index contributed by atoms with van der Waals surface area (Å²) in [6.07, 6.45) is 0.762. The summed E-state index contributed by atoms with van der Waals surface area (Å²) in [6.45, 7) is 10.2. The van der Waals surface area contributed by atoms with E-state index in [1.165, 1.54) is 9.18 Å². The minimum absolute atomic E-state index is 0.0656. The van der Waals surface area contributed by atoms with Crippen molar-refractivity contribution >= 4 is 27.3 Å². The second-order valence-corrected chi connectivity index (χ2v) is 13.1. The van der Waals surface area contributed by atoms with Crippen molar-refractivity contribution in [2.75, 3.05) is 26.7 Å². The van der Waals surface area contributed by atoms with Crippen LogP contribution in [0, 0.1) is 26.7 Å². The molecule has 0 fully saturated rings. The third-order valence-electron chi connectivity index (χ3n) is 6.80. The van der Waals surface area contributed by atoms with Crippen molar-refractivity contribution in [1.82, 2.24) is 9.21 Å². The number of sulfonamides is 1. The lowest BCUT2D eigenvalue weighted by Crippen LogP contribution is -2.47. The molecule has 0 aliphatic carbocycles. The zero-order chi connectivity index (χ0) is 26.9.